The first kappa shape index (κ1) is 21.4. The lowest BCUT2D eigenvalue weighted by atomic mass is 10.1. The molecule has 0 unspecified atom stereocenters. The van der Waals surface area contributed by atoms with E-state index in [0.717, 1.165) is 17.7 Å². The Labute approximate surface area is 170 Å². The Morgan fingerprint density at radius 3 is 2.62 bits per heavy atom. The zero-order valence-corrected chi connectivity index (χ0v) is 17.3. The lowest BCUT2D eigenvalue weighted by Crippen LogP contribution is -2.44. The van der Waals surface area contributed by atoms with Crippen LogP contribution in [0.25, 0.3) is 11.1 Å². The van der Waals surface area contributed by atoms with Gasteiger partial charge in [-0.25, -0.2) is 8.42 Å². The summed E-state index contributed by atoms with van der Waals surface area (Å²) in [5.41, 5.74) is 1.76. The van der Waals surface area contributed by atoms with Crippen LogP contribution in [0.4, 0.5) is 0 Å². The summed E-state index contributed by atoms with van der Waals surface area (Å²) in [5, 5.41) is 11.1. The van der Waals surface area contributed by atoms with Gasteiger partial charge in [-0.1, -0.05) is 12.1 Å². The highest BCUT2D eigenvalue weighted by atomic mass is 32.2. The number of hydrogen-bond donors (Lipinski definition) is 1. The zero-order chi connectivity index (χ0) is 21.0. The highest BCUT2D eigenvalue weighted by molar-refractivity contribution is 7.89. The predicted molar refractivity (Wildman–Crippen MR) is 107 cm³/mol. The lowest BCUT2D eigenvalue weighted by Gasteiger charge is -2.29. The number of sulfonamides is 1. The minimum absolute atomic E-state index is 0.0961. The molecule has 29 heavy (non-hydrogen) atoms. The topological polar surface area (TPSA) is 105 Å². The van der Waals surface area contributed by atoms with Crippen LogP contribution in [0, 0.1) is 5.92 Å². The van der Waals surface area contributed by atoms with E-state index in [2.05, 4.69) is 10.00 Å². The number of likely N-dealkylation sites (N-methyl/N-ethyl adjacent to an activating group) is 1. The minimum Gasteiger partial charge on any atom is -0.483 e. The molecule has 1 N–H and O–H groups in total. The molecule has 2 atom stereocenters. The third kappa shape index (κ3) is 4.84. The number of nitrogens with zero attached hydrogens (tertiary/aromatic N) is 4. The predicted octanol–water partition coefficient (Wildman–Crippen LogP) is 0.739. The van der Waals surface area contributed by atoms with Crippen molar-refractivity contribution in [1.29, 1.82) is 0 Å². The van der Waals surface area contributed by atoms with E-state index in [1.165, 1.54) is 0 Å². The molecule has 2 saturated heterocycles. The van der Waals surface area contributed by atoms with Gasteiger partial charge in [0.2, 0.25) is 10.0 Å². The number of aryl methyl sites for hydroxylation is 1. The van der Waals surface area contributed by atoms with Crippen LogP contribution in [0.3, 0.4) is 0 Å². The van der Waals surface area contributed by atoms with E-state index < -0.39 is 10.0 Å². The maximum Gasteiger partial charge on any atom is 0.290 e. The van der Waals surface area contributed by atoms with Crippen molar-refractivity contribution < 1.29 is 23.1 Å². The molecule has 0 amide bonds. The number of ether oxygens (including phenoxy) is 1. The van der Waals surface area contributed by atoms with E-state index >= 15 is 0 Å². The van der Waals surface area contributed by atoms with E-state index in [-0.39, 0.29) is 18.4 Å². The normalized spacial score (nSPS) is 23.0. The van der Waals surface area contributed by atoms with Gasteiger partial charge in [0.25, 0.3) is 6.47 Å². The van der Waals surface area contributed by atoms with Gasteiger partial charge in [0.05, 0.1) is 24.3 Å². The molecule has 0 radical (unpaired) electrons. The molecule has 0 aliphatic carbocycles. The van der Waals surface area contributed by atoms with Crippen molar-refractivity contribution in [3.63, 3.8) is 0 Å². The molecule has 2 aliphatic heterocycles. The molecule has 9 nitrogen and oxygen atoms in total. The third-order valence-electron chi connectivity index (χ3n) is 5.22. The Kier molecular flexibility index (Phi) is 6.68. The molecule has 158 valence electrons. The summed E-state index contributed by atoms with van der Waals surface area (Å²) in [7, 11) is 0.342. The third-order valence-corrected chi connectivity index (χ3v) is 7.05. The van der Waals surface area contributed by atoms with Crippen molar-refractivity contribution in [2.24, 2.45) is 13.0 Å². The summed E-state index contributed by atoms with van der Waals surface area (Å²) >= 11 is 0. The van der Waals surface area contributed by atoms with Gasteiger partial charge in [-0.3, -0.25) is 14.4 Å². The number of benzene rings is 1. The molecule has 2 fully saturated rings. The molecule has 2 aromatic rings. The van der Waals surface area contributed by atoms with Gasteiger partial charge in [-0.05, 0) is 24.7 Å². The Hall–Kier alpha value is -2.27. The second kappa shape index (κ2) is 9.04. The van der Waals surface area contributed by atoms with E-state index in [4.69, 9.17) is 14.6 Å². The van der Waals surface area contributed by atoms with Crippen LogP contribution in [-0.2, 0) is 26.6 Å². The fourth-order valence-electron chi connectivity index (χ4n) is 3.76. The van der Waals surface area contributed by atoms with Gasteiger partial charge in [-0.2, -0.15) is 9.40 Å². The summed E-state index contributed by atoms with van der Waals surface area (Å²) in [5.74, 6) is 0.198. The largest absolute Gasteiger partial charge is 0.483 e. The van der Waals surface area contributed by atoms with Crippen molar-refractivity contribution in [3.05, 3.63) is 36.7 Å². The highest BCUT2D eigenvalue weighted by Gasteiger charge is 2.37. The Bertz CT molecular complexity index is 946. The Balaban J connectivity index is 0.000000755. The summed E-state index contributed by atoms with van der Waals surface area (Å²) in [6.45, 7) is 2.77. The smallest absolute Gasteiger partial charge is 0.290 e. The lowest BCUT2D eigenvalue weighted by molar-refractivity contribution is -0.122. The molecule has 2 bridgehead atoms. The molecular weight excluding hydrogens is 396 g/mol. The minimum atomic E-state index is -3.55. The number of hydrogen-bond acceptors (Lipinski definition) is 6. The molecule has 0 saturated carbocycles. The van der Waals surface area contributed by atoms with E-state index in [1.54, 1.807) is 33.4 Å². The summed E-state index contributed by atoms with van der Waals surface area (Å²) in [4.78, 5) is 10.9. The van der Waals surface area contributed by atoms with E-state index in [1.807, 2.05) is 26.4 Å². The fourth-order valence-corrected chi connectivity index (χ4v) is 5.36. The molecule has 1 aromatic carbocycles. The fraction of sp³-hybridized carbons (Fsp3) is 0.474. The average molecular weight is 423 g/mol. The van der Waals surface area contributed by atoms with Crippen molar-refractivity contribution >= 4 is 16.5 Å². The number of carboxylic acid groups (broad SMARTS) is 1. The quantitative estimate of drug-likeness (QED) is 0.728. The number of carbonyl (C=O) groups is 1. The van der Waals surface area contributed by atoms with Gasteiger partial charge < -0.3 is 9.84 Å². The van der Waals surface area contributed by atoms with Crippen molar-refractivity contribution in [2.75, 3.05) is 39.9 Å². The Morgan fingerprint density at radius 2 is 1.93 bits per heavy atom. The van der Waals surface area contributed by atoms with Crippen LogP contribution in [-0.4, -0.2) is 84.9 Å². The maximum atomic E-state index is 13.3. The average Bonchev–Trinajstić information content (AvgIpc) is 2.94. The number of aromatic nitrogens is 2. The monoisotopic (exact) mass is 422 g/mol. The van der Waals surface area contributed by atoms with Crippen molar-refractivity contribution in [3.8, 4) is 11.1 Å². The van der Waals surface area contributed by atoms with Crippen LogP contribution in [0.15, 0.2) is 41.6 Å². The summed E-state index contributed by atoms with van der Waals surface area (Å²) in [6.07, 6.45) is 3.63. The molecular formula is C19H26N4O5S. The SMILES string of the molecule is CN1C[C@H]2COC[C@@H]1CN(S(=O)(=O)c1cccc(-c3cnn(C)c3)c1)C2.O=CO. The van der Waals surface area contributed by atoms with Gasteiger partial charge in [0.1, 0.15) is 0 Å². The van der Waals surface area contributed by atoms with Gasteiger partial charge >= 0.3 is 0 Å². The number of fused-ring (bicyclic) bond motifs is 3. The van der Waals surface area contributed by atoms with Crippen LogP contribution in [0.2, 0.25) is 0 Å². The first-order chi connectivity index (χ1) is 13.8. The van der Waals surface area contributed by atoms with E-state index in [0.29, 0.717) is 31.2 Å². The van der Waals surface area contributed by atoms with Crippen LogP contribution < -0.4 is 0 Å². The molecule has 1 aromatic heterocycles. The van der Waals surface area contributed by atoms with Crippen LogP contribution in [0.1, 0.15) is 0 Å². The van der Waals surface area contributed by atoms with E-state index in [9.17, 15) is 8.42 Å². The van der Waals surface area contributed by atoms with Crippen LogP contribution in [0.5, 0.6) is 0 Å². The zero-order valence-electron chi connectivity index (χ0n) is 16.5. The second-order valence-electron chi connectivity index (χ2n) is 7.35. The van der Waals surface area contributed by atoms with Gasteiger partial charge in [-0.15, -0.1) is 0 Å². The van der Waals surface area contributed by atoms with Crippen molar-refractivity contribution in [1.82, 2.24) is 19.0 Å². The molecule has 2 aliphatic rings. The molecule has 10 heteroatoms. The highest BCUT2D eigenvalue weighted by Crippen LogP contribution is 2.27. The molecule has 4 rings (SSSR count). The molecule has 3 heterocycles. The number of rotatable bonds is 3. The summed E-state index contributed by atoms with van der Waals surface area (Å²) < 4.78 is 35.7. The van der Waals surface area contributed by atoms with Crippen LogP contribution >= 0.6 is 0 Å². The van der Waals surface area contributed by atoms with Crippen molar-refractivity contribution in [2.45, 2.75) is 10.9 Å². The first-order valence-electron chi connectivity index (χ1n) is 9.30. The standard InChI is InChI=1S/C18H24N4O3S.CH2O2/c1-20-8-14-9-22(11-17(20)13-25-12-14)26(23,24)18-5-3-4-15(6-18)16-7-19-21(2)10-16;2-1-3/h3-7,10,14,17H,8-9,11-13H2,1-2H3;1H,(H,2,3)/t14-,17+;/m1./s1. The second-order valence-corrected chi connectivity index (χ2v) is 9.29. The van der Waals surface area contributed by atoms with Gasteiger partial charge in [0.15, 0.2) is 0 Å². The molecule has 0 spiro atoms. The van der Waals surface area contributed by atoms with Gasteiger partial charge in [0, 0.05) is 50.4 Å². The Morgan fingerprint density at radius 1 is 1.17 bits per heavy atom. The first-order valence-corrected chi connectivity index (χ1v) is 10.7. The maximum absolute atomic E-state index is 13.3. The summed E-state index contributed by atoms with van der Waals surface area (Å²) in [6, 6.07) is 7.22.